The number of nitrogens with one attached hydrogen (secondary N) is 1. The largest absolute Gasteiger partial charge is 0.314 e. The number of likely N-dealkylation sites (tertiary alicyclic amines) is 1. The van der Waals surface area contributed by atoms with Crippen molar-refractivity contribution in [3.05, 3.63) is 0 Å². The van der Waals surface area contributed by atoms with Crippen molar-refractivity contribution in [1.82, 2.24) is 15.1 Å². The normalized spacial score (nSPS) is 29.8. The van der Waals surface area contributed by atoms with E-state index in [9.17, 15) is 0 Å². The highest BCUT2D eigenvalue weighted by atomic mass is 15.2. The zero-order chi connectivity index (χ0) is 12.4. The van der Waals surface area contributed by atoms with E-state index in [-0.39, 0.29) is 0 Å². The van der Waals surface area contributed by atoms with Crippen LogP contribution < -0.4 is 5.32 Å². The van der Waals surface area contributed by atoms with Gasteiger partial charge in [-0.15, -0.1) is 0 Å². The van der Waals surface area contributed by atoms with Crippen LogP contribution in [0.15, 0.2) is 0 Å². The maximum Gasteiger partial charge on any atom is 0.0229 e. The molecule has 17 heavy (non-hydrogen) atoms. The van der Waals surface area contributed by atoms with Crippen LogP contribution in [0.1, 0.15) is 33.1 Å². The van der Waals surface area contributed by atoms with Gasteiger partial charge >= 0.3 is 0 Å². The summed E-state index contributed by atoms with van der Waals surface area (Å²) in [7, 11) is 4.41. The van der Waals surface area contributed by atoms with Gasteiger partial charge in [0.05, 0.1) is 0 Å². The van der Waals surface area contributed by atoms with Gasteiger partial charge in [-0.3, -0.25) is 4.90 Å². The van der Waals surface area contributed by atoms with E-state index in [1.165, 1.54) is 38.9 Å². The van der Waals surface area contributed by atoms with Crippen molar-refractivity contribution < 1.29 is 0 Å². The third-order valence-electron chi connectivity index (χ3n) is 4.63. The van der Waals surface area contributed by atoms with Crippen molar-refractivity contribution >= 4 is 0 Å². The average Bonchev–Trinajstić information content (AvgIpc) is 2.99. The molecule has 3 heteroatoms. The number of hydrogen-bond donors (Lipinski definition) is 1. The number of rotatable bonds is 6. The molecule has 1 saturated carbocycles. The van der Waals surface area contributed by atoms with Crippen LogP contribution in [-0.2, 0) is 0 Å². The minimum atomic E-state index is 0.714. The second kappa shape index (κ2) is 5.68. The van der Waals surface area contributed by atoms with Crippen LogP contribution in [-0.4, -0.2) is 61.7 Å². The molecule has 0 spiro atoms. The molecule has 2 fully saturated rings. The Morgan fingerprint density at radius 2 is 1.94 bits per heavy atom. The molecule has 3 atom stereocenters. The van der Waals surface area contributed by atoms with Crippen LogP contribution in [0.2, 0.25) is 0 Å². The SMILES string of the molecule is CC(CNC1CC1)C(C)N1CCC(N(C)C)C1. The first-order chi connectivity index (χ1) is 8.08. The maximum absolute atomic E-state index is 3.66. The number of nitrogens with zero attached hydrogens (tertiary/aromatic N) is 2. The Labute approximate surface area is 107 Å². The van der Waals surface area contributed by atoms with Gasteiger partial charge in [0.2, 0.25) is 0 Å². The van der Waals surface area contributed by atoms with Crippen molar-refractivity contribution in [3.8, 4) is 0 Å². The van der Waals surface area contributed by atoms with Crippen molar-refractivity contribution in [2.24, 2.45) is 5.92 Å². The van der Waals surface area contributed by atoms with Crippen LogP contribution in [0.5, 0.6) is 0 Å². The molecule has 0 aromatic rings. The predicted molar refractivity (Wildman–Crippen MR) is 73.3 cm³/mol. The van der Waals surface area contributed by atoms with E-state index in [2.05, 4.69) is 43.1 Å². The lowest BCUT2D eigenvalue weighted by atomic mass is 10.0. The lowest BCUT2D eigenvalue weighted by Gasteiger charge is -2.30. The van der Waals surface area contributed by atoms with Gasteiger partial charge in [-0.25, -0.2) is 0 Å². The molecule has 1 saturated heterocycles. The first kappa shape index (κ1) is 13.3. The molecule has 3 unspecified atom stereocenters. The highest BCUT2D eigenvalue weighted by Gasteiger charge is 2.30. The quantitative estimate of drug-likeness (QED) is 0.756. The fourth-order valence-electron chi connectivity index (χ4n) is 2.73. The number of hydrogen-bond acceptors (Lipinski definition) is 3. The summed E-state index contributed by atoms with van der Waals surface area (Å²) in [5, 5.41) is 3.66. The van der Waals surface area contributed by atoms with Crippen LogP contribution in [0.4, 0.5) is 0 Å². The minimum absolute atomic E-state index is 0.714. The molecule has 2 rings (SSSR count). The van der Waals surface area contributed by atoms with Crippen molar-refractivity contribution in [2.45, 2.75) is 51.2 Å². The third kappa shape index (κ3) is 3.67. The van der Waals surface area contributed by atoms with Gasteiger partial charge in [0, 0.05) is 31.2 Å². The summed E-state index contributed by atoms with van der Waals surface area (Å²) < 4.78 is 0. The predicted octanol–water partition coefficient (Wildman–Crippen LogP) is 1.40. The van der Waals surface area contributed by atoms with Gasteiger partial charge in [0.25, 0.3) is 0 Å². The molecule has 1 N–H and O–H groups in total. The fraction of sp³-hybridized carbons (Fsp3) is 1.00. The molecule has 3 nitrogen and oxygen atoms in total. The van der Waals surface area contributed by atoms with E-state index in [0.29, 0.717) is 6.04 Å². The van der Waals surface area contributed by atoms with Gasteiger partial charge in [-0.2, -0.15) is 0 Å². The molecule has 0 aromatic carbocycles. The number of likely N-dealkylation sites (N-methyl/N-ethyl adjacent to an activating group) is 1. The summed E-state index contributed by atoms with van der Waals surface area (Å²) in [6.07, 6.45) is 4.13. The van der Waals surface area contributed by atoms with E-state index < -0.39 is 0 Å². The Hall–Kier alpha value is -0.120. The van der Waals surface area contributed by atoms with E-state index in [4.69, 9.17) is 0 Å². The Bertz CT molecular complexity index is 238. The highest BCUT2D eigenvalue weighted by Crippen LogP contribution is 2.22. The van der Waals surface area contributed by atoms with Crippen LogP contribution in [0.25, 0.3) is 0 Å². The van der Waals surface area contributed by atoms with Crippen molar-refractivity contribution in [2.75, 3.05) is 33.7 Å². The lowest BCUT2D eigenvalue weighted by Crippen LogP contribution is -2.42. The summed E-state index contributed by atoms with van der Waals surface area (Å²) in [5.41, 5.74) is 0. The summed E-state index contributed by atoms with van der Waals surface area (Å²) >= 11 is 0. The first-order valence-electron chi connectivity index (χ1n) is 7.21. The van der Waals surface area contributed by atoms with Gasteiger partial charge in [0.15, 0.2) is 0 Å². The lowest BCUT2D eigenvalue weighted by molar-refractivity contribution is 0.179. The van der Waals surface area contributed by atoms with Crippen LogP contribution in [0.3, 0.4) is 0 Å². The zero-order valence-electron chi connectivity index (χ0n) is 11.9. The van der Waals surface area contributed by atoms with E-state index >= 15 is 0 Å². The van der Waals surface area contributed by atoms with Gasteiger partial charge in [-0.05, 0) is 52.7 Å². The Kier molecular flexibility index (Phi) is 4.45. The zero-order valence-corrected chi connectivity index (χ0v) is 11.9. The molecule has 1 aliphatic carbocycles. The van der Waals surface area contributed by atoms with Crippen molar-refractivity contribution in [1.29, 1.82) is 0 Å². The molecule has 1 heterocycles. The Balaban J connectivity index is 1.72. The minimum Gasteiger partial charge on any atom is -0.314 e. The van der Waals surface area contributed by atoms with Crippen LogP contribution >= 0.6 is 0 Å². The average molecular weight is 239 g/mol. The Morgan fingerprint density at radius 1 is 1.24 bits per heavy atom. The highest BCUT2D eigenvalue weighted by molar-refractivity contribution is 4.87. The van der Waals surface area contributed by atoms with Gasteiger partial charge < -0.3 is 10.2 Å². The second-order valence-electron chi connectivity index (χ2n) is 6.30. The molecule has 1 aliphatic heterocycles. The van der Waals surface area contributed by atoms with Gasteiger partial charge in [0.1, 0.15) is 0 Å². The smallest absolute Gasteiger partial charge is 0.0229 e. The monoisotopic (exact) mass is 239 g/mol. The second-order valence-corrected chi connectivity index (χ2v) is 6.30. The molecule has 0 radical (unpaired) electrons. The molecular weight excluding hydrogens is 210 g/mol. The molecular formula is C14H29N3. The molecule has 0 bridgehead atoms. The summed E-state index contributed by atoms with van der Waals surface area (Å²) in [4.78, 5) is 5.05. The first-order valence-corrected chi connectivity index (χ1v) is 7.21. The standard InChI is InChI=1S/C14H29N3/c1-11(9-15-13-5-6-13)12(2)17-8-7-14(10-17)16(3)4/h11-15H,5-10H2,1-4H3. The summed E-state index contributed by atoms with van der Waals surface area (Å²) in [6.45, 7) is 8.51. The molecule has 0 aromatic heterocycles. The van der Waals surface area contributed by atoms with Crippen molar-refractivity contribution in [3.63, 3.8) is 0 Å². The maximum atomic E-state index is 3.66. The van der Waals surface area contributed by atoms with E-state index in [0.717, 1.165) is 18.0 Å². The van der Waals surface area contributed by atoms with Gasteiger partial charge in [-0.1, -0.05) is 6.92 Å². The van der Waals surface area contributed by atoms with E-state index in [1.807, 2.05) is 0 Å². The molecule has 2 aliphatic rings. The van der Waals surface area contributed by atoms with Crippen LogP contribution in [0, 0.1) is 5.92 Å². The Morgan fingerprint density at radius 3 is 2.47 bits per heavy atom. The summed E-state index contributed by atoms with van der Waals surface area (Å²) in [6, 6.07) is 2.32. The third-order valence-corrected chi connectivity index (χ3v) is 4.63. The molecule has 0 amide bonds. The van der Waals surface area contributed by atoms with E-state index in [1.54, 1.807) is 0 Å². The topological polar surface area (TPSA) is 18.5 Å². The fourth-order valence-corrected chi connectivity index (χ4v) is 2.73. The molecule has 100 valence electrons. The summed E-state index contributed by atoms with van der Waals surface area (Å²) in [5.74, 6) is 0.761.